The maximum atomic E-state index is 13.2. The molecule has 4 aromatic carbocycles. The molecule has 12 heteroatoms. The Morgan fingerprint density at radius 1 is 0.589 bits per heavy atom. The molecule has 0 aliphatic rings. The van der Waals surface area contributed by atoms with Gasteiger partial charge in [0, 0.05) is 70.1 Å². The third-order valence-electron chi connectivity index (χ3n) is 8.22. The Balaban J connectivity index is 0. The summed E-state index contributed by atoms with van der Waals surface area (Å²) in [6.45, 7) is 15.7. The molecule has 310 valence electrons. The largest absolute Gasteiger partial charge is 0.393 e. The zero-order chi connectivity index (χ0) is 37.2. The van der Waals surface area contributed by atoms with E-state index in [0.717, 1.165) is 75.1 Å². The van der Waals surface area contributed by atoms with Crippen molar-refractivity contribution >= 4 is 0 Å². The summed E-state index contributed by atoms with van der Waals surface area (Å²) < 4.78 is 30.5. The van der Waals surface area contributed by atoms with E-state index in [1.165, 1.54) is 24.3 Å². The van der Waals surface area contributed by atoms with Crippen LogP contribution in [0.5, 0.6) is 0 Å². The van der Waals surface area contributed by atoms with Crippen molar-refractivity contribution in [1.82, 2.24) is 29.5 Å². The van der Waals surface area contributed by atoms with Crippen molar-refractivity contribution in [2.24, 2.45) is 0 Å². The van der Waals surface area contributed by atoms with Crippen molar-refractivity contribution in [1.29, 1.82) is 0 Å². The molecule has 2 heterocycles. The first-order valence-corrected chi connectivity index (χ1v) is 17.2. The third-order valence-corrected chi connectivity index (χ3v) is 8.22. The van der Waals surface area contributed by atoms with Crippen molar-refractivity contribution in [3.05, 3.63) is 130 Å². The molecule has 0 saturated heterocycles. The average Bonchev–Trinajstić information content (AvgIpc) is 3.70. The molecule has 0 aliphatic heterocycles. The second kappa shape index (κ2) is 25.5. The number of benzene rings is 4. The van der Waals surface area contributed by atoms with E-state index in [1.54, 1.807) is 32.0 Å². The van der Waals surface area contributed by atoms with E-state index in [2.05, 4.69) is 94.5 Å². The smallest absolute Gasteiger partial charge is 0.168 e. The number of hydrogen-bond acceptors (Lipinski definition) is 6. The summed E-state index contributed by atoms with van der Waals surface area (Å²) in [6, 6.07) is 26.1. The van der Waals surface area contributed by atoms with Crippen molar-refractivity contribution in [3.8, 4) is 34.2 Å². The van der Waals surface area contributed by atoms with Crippen LogP contribution < -0.4 is 0 Å². The minimum atomic E-state index is -0.375. The Kier molecular flexibility index (Phi) is 24.7. The number of aliphatic hydroxyl groups is 2. The molecule has 6 rings (SSSR count). The van der Waals surface area contributed by atoms with Gasteiger partial charge in [-0.25, -0.2) is 4.39 Å². The zero-order valence-electron chi connectivity index (χ0n) is 31.3. The predicted molar refractivity (Wildman–Crippen MR) is 218 cm³/mol. The maximum absolute atomic E-state index is 13.2. The van der Waals surface area contributed by atoms with Gasteiger partial charge in [0.05, 0.1) is 23.7 Å². The fraction of sp³-hybridized carbons (Fsp3) is 0.364. The molecule has 2 aromatic heterocycles. The van der Waals surface area contributed by atoms with E-state index in [-0.39, 0.29) is 86.3 Å². The predicted octanol–water partition coefficient (Wildman–Crippen LogP) is 10.3. The molecule has 0 saturated carbocycles. The second-order valence-corrected chi connectivity index (χ2v) is 12.6. The van der Waals surface area contributed by atoms with Gasteiger partial charge in [0.2, 0.25) is 0 Å². The molecule has 0 aliphatic carbocycles. The van der Waals surface area contributed by atoms with E-state index in [0.29, 0.717) is 12.2 Å². The standard InChI is InChI=1S/C18H18FN3.C18H17FN3.C5H12O2.3CH4.2Ir/c2*1-4-16-20-21-18(14-8-10-15(19)11-9-14)22(16)17-12(2)6-5-7-13(17)3;1-4(6)3-5(2)7;;;;;/h5-11H,4H2,1-3H3;5-8,10-11H,4H2,1-3H3;4-7H,3H2,1-2H3;3*1H4;;/q;-1;;;;;;. The molecule has 0 bridgehead atoms. The second-order valence-electron chi connectivity index (χ2n) is 12.6. The molecule has 0 spiro atoms. The summed E-state index contributed by atoms with van der Waals surface area (Å²) >= 11 is 0. The fourth-order valence-corrected chi connectivity index (χ4v) is 5.88. The minimum Gasteiger partial charge on any atom is -0.393 e. The van der Waals surface area contributed by atoms with Gasteiger partial charge in [0.1, 0.15) is 17.5 Å². The third kappa shape index (κ3) is 13.7. The van der Waals surface area contributed by atoms with E-state index >= 15 is 0 Å². The van der Waals surface area contributed by atoms with Gasteiger partial charge in [0.25, 0.3) is 0 Å². The molecule has 6 aromatic rings. The van der Waals surface area contributed by atoms with Crippen molar-refractivity contribution in [2.45, 2.75) is 109 Å². The number of aromatic nitrogens is 6. The monoisotopic (exact) mass is 1130 g/mol. The van der Waals surface area contributed by atoms with Crippen LogP contribution in [-0.4, -0.2) is 51.9 Å². The van der Waals surface area contributed by atoms with Crippen LogP contribution in [0.4, 0.5) is 8.78 Å². The Morgan fingerprint density at radius 3 is 1.34 bits per heavy atom. The van der Waals surface area contributed by atoms with Gasteiger partial charge in [-0.1, -0.05) is 72.5 Å². The Morgan fingerprint density at radius 2 is 0.982 bits per heavy atom. The normalized spacial score (nSPS) is 10.9. The molecular weight excluding hydrogens is 1070 g/mol. The van der Waals surface area contributed by atoms with Crippen LogP contribution in [-0.2, 0) is 53.1 Å². The number of hydrogen-bond donors (Lipinski definition) is 2. The zero-order valence-corrected chi connectivity index (χ0v) is 36.1. The Hall–Kier alpha value is -3.76. The quantitative estimate of drug-likeness (QED) is 0.147. The summed E-state index contributed by atoms with van der Waals surface area (Å²) in [6.07, 6.45) is 1.27. The van der Waals surface area contributed by atoms with Gasteiger partial charge in [-0.05, 0) is 94.5 Å². The molecule has 0 amide bonds. The first-order chi connectivity index (χ1) is 24.4. The molecule has 0 fully saturated rings. The number of nitrogens with zero attached hydrogens (tertiary/aromatic N) is 6. The van der Waals surface area contributed by atoms with Crippen LogP contribution in [0.1, 0.15) is 90.3 Å². The molecule has 56 heavy (non-hydrogen) atoms. The molecule has 2 N–H and O–H groups in total. The van der Waals surface area contributed by atoms with Gasteiger partial charge >= 0.3 is 0 Å². The maximum Gasteiger partial charge on any atom is 0.168 e. The first-order valence-electron chi connectivity index (χ1n) is 17.2. The van der Waals surface area contributed by atoms with Crippen molar-refractivity contribution < 1.29 is 59.2 Å². The summed E-state index contributed by atoms with van der Waals surface area (Å²) in [5, 5.41) is 34.4. The van der Waals surface area contributed by atoms with Crippen LogP contribution in [0.2, 0.25) is 0 Å². The number of para-hydroxylation sites is 2. The summed E-state index contributed by atoms with van der Waals surface area (Å²) in [5.41, 5.74) is 8.40. The van der Waals surface area contributed by atoms with Gasteiger partial charge < -0.3 is 14.8 Å². The Bertz CT molecular complexity index is 1840. The van der Waals surface area contributed by atoms with E-state index in [1.807, 2.05) is 19.1 Å². The van der Waals surface area contributed by atoms with Gasteiger partial charge in [-0.3, -0.25) is 8.96 Å². The molecule has 2 radical (unpaired) electrons. The molecular formula is C44H59F2Ir2N6O2-. The average molecular weight is 1130 g/mol. The summed E-state index contributed by atoms with van der Waals surface area (Å²) in [4.78, 5) is 0. The topological polar surface area (TPSA) is 102 Å². The van der Waals surface area contributed by atoms with Gasteiger partial charge in [-0.15, -0.1) is 45.1 Å². The number of aliphatic hydroxyl groups excluding tert-OH is 2. The van der Waals surface area contributed by atoms with Crippen LogP contribution in [0, 0.1) is 45.4 Å². The van der Waals surface area contributed by atoms with Crippen LogP contribution in [0.15, 0.2) is 78.9 Å². The summed E-state index contributed by atoms with van der Waals surface area (Å²) in [7, 11) is 0. The number of rotatable bonds is 8. The van der Waals surface area contributed by atoms with Crippen molar-refractivity contribution in [3.63, 3.8) is 0 Å². The number of aryl methyl sites for hydroxylation is 6. The van der Waals surface area contributed by atoms with Crippen molar-refractivity contribution in [2.75, 3.05) is 0 Å². The molecule has 8 nitrogen and oxygen atoms in total. The fourth-order valence-electron chi connectivity index (χ4n) is 5.88. The molecule has 2 unspecified atom stereocenters. The summed E-state index contributed by atoms with van der Waals surface area (Å²) in [5.74, 6) is 2.65. The first kappa shape index (κ1) is 54.3. The van der Waals surface area contributed by atoms with E-state index in [4.69, 9.17) is 10.2 Å². The Labute approximate surface area is 360 Å². The van der Waals surface area contributed by atoms with Gasteiger partial charge in [-0.2, -0.15) is 5.10 Å². The number of halogens is 2. The van der Waals surface area contributed by atoms with Crippen LogP contribution in [0.25, 0.3) is 34.2 Å². The van der Waals surface area contributed by atoms with Gasteiger partial charge in [0.15, 0.2) is 5.82 Å². The van der Waals surface area contributed by atoms with E-state index in [9.17, 15) is 8.78 Å². The molecule has 2 atom stereocenters. The van der Waals surface area contributed by atoms with Crippen LogP contribution >= 0.6 is 0 Å². The minimum absolute atomic E-state index is 0. The SMILES string of the molecule is C.C.C.CC(O)CC(C)O.CCc1nnc(-c2[c-]cc(F)cc2)n1-c1c(C)cccc1C.CCc1nnc(-c2ccc(F)cc2)n1-c1c(C)cccc1C.[Ir].[Ir]. The van der Waals surface area contributed by atoms with Crippen LogP contribution in [0.3, 0.4) is 0 Å². The van der Waals surface area contributed by atoms with E-state index < -0.39 is 0 Å².